The van der Waals surface area contributed by atoms with Crippen molar-refractivity contribution in [3.8, 4) is 39.6 Å². The van der Waals surface area contributed by atoms with Crippen LogP contribution in [0.15, 0.2) is 315 Å². The van der Waals surface area contributed by atoms with E-state index in [0.29, 0.717) is 39.1 Å². The summed E-state index contributed by atoms with van der Waals surface area (Å²) in [6.45, 7) is -6.83. The fraction of sp³-hybridized carbons (Fsp3) is 0.0408. The SMILES string of the molecule is Clc1nc(Cl)c2ccccc2n1.[2H]C([2H])([2H])c1ccccc1-c1nc(-n2c3ccc4ccccc4c3c3c4ccccc4c4c5ccccc5sc4c32)nc2ccccc12.[2H]C([2H])([2H])c1ccccc1-c1nc(Cl)nc2ccccc12.[2H]C([2H])([2H])c1ccccc1B(O)O.c1ccc2c3c(ccc2c1)Cc1c-3c2ccccc2c2c1sc1ccccc12. The molecule has 0 unspecified atom stereocenters. The van der Waals surface area contributed by atoms with Crippen molar-refractivity contribution in [1.29, 1.82) is 0 Å². The summed E-state index contributed by atoms with van der Waals surface area (Å²) in [5.74, 6) is 0.508. The molecule has 6 aromatic heterocycles. The van der Waals surface area contributed by atoms with Crippen LogP contribution in [0.4, 0.5) is 0 Å². The largest absolute Gasteiger partial charge is 0.488 e. The van der Waals surface area contributed by atoms with Crippen LogP contribution in [0.1, 0.15) is 40.2 Å². The lowest BCUT2D eigenvalue weighted by Gasteiger charge is -2.13. The molecule has 540 valence electrons. The lowest BCUT2D eigenvalue weighted by molar-refractivity contribution is 0.425. The van der Waals surface area contributed by atoms with Crippen LogP contribution in [0, 0.1) is 20.6 Å². The monoisotopic (exact) mass is 1560 g/mol. The molecule has 1 aliphatic carbocycles. The Kier molecular flexibility index (Phi) is 16.1. The fourth-order valence-corrected chi connectivity index (χ4v) is 19.2. The number of benzene rings is 16. The van der Waals surface area contributed by atoms with E-state index in [0.717, 1.165) is 66.2 Å². The first kappa shape index (κ1) is 61.4. The molecular weight excluding hydrogens is 1490 g/mol. The second kappa shape index (κ2) is 29.7. The van der Waals surface area contributed by atoms with Gasteiger partial charge in [-0.15, -0.1) is 22.7 Å². The maximum absolute atomic E-state index is 8.87. The predicted molar refractivity (Wildman–Crippen MR) is 480 cm³/mol. The molecule has 0 spiro atoms. The van der Waals surface area contributed by atoms with Gasteiger partial charge in [0.1, 0.15) is 5.15 Å². The number of rotatable bonds is 4. The van der Waals surface area contributed by atoms with Gasteiger partial charge in [-0.3, -0.25) is 4.57 Å². The third-order valence-corrected chi connectivity index (χ3v) is 23.9. The van der Waals surface area contributed by atoms with Crippen molar-refractivity contribution >= 4 is 208 Å². The molecule has 1 aliphatic rings. The van der Waals surface area contributed by atoms with Crippen LogP contribution in [0.2, 0.25) is 15.7 Å². The van der Waals surface area contributed by atoms with E-state index in [4.69, 9.17) is 67.2 Å². The van der Waals surface area contributed by atoms with E-state index in [2.05, 4.69) is 194 Å². The summed E-state index contributed by atoms with van der Waals surface area (Å²) in [6, 6.07) is 104. The van der Waals surface area contributed by atoms with Crippen LogP contribution in [-0.2, 0) is 6.42 Å². The van der Waals surface area contributed by atoms with Gasteiger partial charge in [0.2, 0.25) is 16.5 Å². The molecule has 0 fully saturated rings. The smallest absolute Gasteiger partial charge is 0.423 e. The molecule has 6 heterocycles. The highest BCUT2D eigenvalue weighted by molar-refractivity contribution is 7.27. The van der Waals surface area contributed by atoms with E-state index in [1.54, 1.807) is 59.9 Å². The molecule has 23 rings (SSSR count). The first-order valence-corrected chi connectivity index (χ1v) is 39.3. The van der Waals surface area contributed by atoms with Crippen LogP contribution >= 0.6 is 57.5 Å². The summed E-state index contributed by atoms with van der Waals surface area (Å²) >= 11 is 21.2. The Morgan fingerprint density at radius 1 is 0.354 bits per heavy atom. The van der Waals surface area contributed by atoms with Gasteiger partial charge in [0.15, 0.2) is 0 Å². The number of fused-ring (bicyclic) bond motifs is 27. The zero-order valence-corrected chi connectivity index (χ0v) is 63.7. The Hall–Kier alpha value is -12.3. The number of nitrogens with zero attached hydrogens (tertiary/aromatic N) is 7. The number of hydrogen-bond donors (Lipinski definition) is 2. The minimum absolute atomic E-state index is 0.0231. The molecule has 0 saturated heterocycles. The number of halogens is 3. The van der Waals surface area contributed by atoms with Crippen molar-refractivity contribution in [3.05, 3.63) is 359 Å². The summed E-state index contributed by atoms with van der Waals surface area (Å²) in [5, 5.41) is 38.6. The average molecular weight is 1560 g/mol. The summed E-state index contributed by atoms with van der Waals surface area (Å²) in [4.78, 5) is 26.8. The highest BCUT2D eigenvalue weighted by atomic mass is 35.5. The first-order valence-electron chi connectivity index (χ1n) is 41.0. The molecule has 0 amide bonds. The second-order valence-corrected chi connectivity index (χ2v) is 30.5. The minimum atomic E-state index is -2.31. The van der Waals surface area contributed by atoms with Gasteiger partial charge in [0, 0.05) is 92.5 Å². The predicted octanol–water partition coefficient (Wildman–Crippen LogP) is 26.2. The molecular formula is C98H65BCl3N7O2S2. The molecule has 16 aromatic carbocycles. The van der Waals surface area contributed by atoms with Gasteiger partial charge in [-0.25, -0.2) is 29.9 Å². The maximum atomic E-state index is 8.87. The lowest BCUT2D eigenvalue weighted by Crippen LogP contribution is -2.31. The van der Waals surface area contributed by atoms with E-state index in [1.165, 1.54) is 107 Å². The van der Waals surface area contributed by atoms with Crippen molar-refractivity contribution < 1.29 is 22.4 Å². The normalized spacial score (nSPS) is 13.2. The number of hydrogen-bond acceptors (Lipinski definition) is 10. The highest BCUT2D eigenvalue weighted by Gasteiger charge is 2.29. The van der Waals surface area contributed by atoms with Gasteiger partial charge >= 0.3 is 7.12 Å². The number of aromatic nitrogens is 7. The molecule has 113 heavy (non-hydrogen) atoms. The van der Waals surface area contributed by atoms with Crippen molar-refractivity contribution in [2.75, 3.05) is 0 Å². The van der Waals surface area contributed by atoms with Crippen molar-refractivity contribution in [2.45, 2.75) is 27.0 Å². The standard InChI is InChI=1S/C41H25N3S.C27H16S.C15H11ClN2.C8H4Cl2N2.C7H9BO2/c1-24-12-2-4-14-26(24)38-30-18-8-10-20-32(30)42-41(43-38)44-33-23-22-25-13-3-5-15-27(25)36(33)37-29-17-7-6-16-28(29)35-31-19-9-11-21-34(31)45-40(35)39(37)44;1-2-8-18-16(7-1)13-14-17-15-22-25(24(17)18)19-9-3-4-10-20(19)26-21-11-5-6-12-23(21)28-27(22)26;1-10-6-2-3-7-11(10)14-12-8-4-5-9-13(12)17-15(16)18-14;9-7-5-3-1-2-4-6(5)11-8(10)12-7;1-6-4-2-3-5-7(6)8(9)10/h2-23H,1H3;1-14H,15H2;2-9H,1H3;1-4H;2-5,9-10H,1H3/i1D3;;1D3;;1D3. The Bertz CT molecular complexity index is 7980. The molecule has 0 aliphatic heterocycles. The summed E-state index contributed by atoms with van der Waals surface area (Å²) in [7, 11) is -1.74. The van der Waals surface area contributed by atoms with Gasteiger partial charge in [0.05, 0.1) is 43.7 Å². The topological polar surface area (TPSA) is 123 Å². The van der Waals surface area contributed by atoms with E-state index in [9.17, 15) is 0 Å². The van der Waals surface area contributed by atoms with Crippen LogP contribution in [0.5, 0.6) is 0 Å². The van der Waals surface area contributed by atoms with Crippen molar-refractivity contribution in [1.82, 2.24) is 34.5 Å². The third kappa shape index (κ3) is 12.7. The van der Waals surface area contributed by atoms with Crippen LogP contribution in [-0.4, -0.2) is 51.6 Å². The van der Waals surface area contributed by atoms with Gasteiger partial charge in [0.25, 0.3) is 0 Å². The summed E-state index contributed by atoms with van der Waals surface area (Å²) in [5.41, 5.74) is 13.0. The van der Waals surface area contributed by atoms with Crippen LogP contribution in [0.25, 0.3) is 178 Å². The zero-order chi connectivity index (χ0) is 84.0. The molecule has 0 bridgehead atoms. The van der Waals surface area contributed by atoms with E-state index in [1.807, 2.05) is 96.3 Å². The highest BCUT2D eigenvalue weighted by Crippen LogP contribution is 2.53. The molecule has 0 saturated carbocycles. The third-order valence-electron chi connectivity index (χ3n) is 20.9. The molecule has 22 aromatic rings. The quantitative estimate of drug-likeness (QED) is 0.101. The number of aryl methyl sites for hydroxylation is 3. The molecule has 2 N–H and O–H groups in total. The van der Waals surface area contributed by atoms with E-state index in [-0.39, 0.29) is 32.7 Å². The van der Waals surface area contributed by atoms with Crippen LogP contribution < -0.4 is 5.46 Å². The molecule has 0 atom stereocenters. The Morgan fingerprint density at radius 3 is 1.42 bits per heavy atom. The lowest BCUT2D eigenvalue weighted by atomic mass is 9.77. The Labute approximate surface area is 685 Å². The summed E-state index contributed by atoms with van der Waals surface area (Å²) in [6.07, 6.45) is 1.03. The number of para-hydroxylation sites is 3. The second-order valence-electron chi connectivity index (χ2n) is 27.4. The van der Waals surface area contributed by atoms with E-state index < -0.39 is 27.7 Å². The molecule has 0 radical (unpaired) electrons. The van der Waals surface area contributed by atoms with Gasteiger partial charge in [-0.2, -0.15) is 0 Å². The summed E-state index contributed by atoms with van der Waals surface area (Å²) < 4.78 is 77.0. The number of thiophene rings is 2. The Balaban J connectivity index is 0.000000112. The van der Waals surface area contributed by atoms with Gasteiger partial charge in [-0.1, -0.05) is 290 Å². The molecule has 15 heteroatoms. The fourth-order valence-electron chi connectivity index (χ4n) is 16.0. The van der Waals surface area contributed by atoms with Crippen LogP contribution in [0.3, 0.4) is 0 Å². The van der Waals surface area contributed by atoms with Gasteiger partial charge < -0.3 is 10.0 Å². The van der Waals surface area contributed by atoms with Crippen molar-refractivity contribution in [3.63, 3.8) is 0 Å². The van der Waals surface area contributed by atoms with Crippen molar-refractivity contribution in [2.24, 2.45) is 0 Å². The zero-order valence-electron chi connectivity index (χ0n) is 68.8. The van der Waals surface area contributed by atoms with Gasteiger partial charge in [-0.05, 0) is 168 Å². The average Bonchev–Trinajstić information content (AvgIpc) is 1.52. The minimum Gasteiger partial charge on any atom is -0.423 e. The Morgan fingerprint density at radius 2 is 0.796 bits per heavy atom. The maximum Gasteiger partial charge on any atom is 0.488 e. The first-order chi connectivity index (χ1) is 59.0. The molecule has 9 nitrogen and oxygen atoms in total. The van der Waals surface area contributed by atoms with E-state index >= 15 is 0 Å².